The van der Waals surface area contributed by atoms with Crippen LogP contribution in [-0.4, -0.2) is 36.7 Å². The van der Waals surface area contributed by atoms with Crippen LogP contribution < -0.4 is 19.8 Å². The van der Waals surface area contributed by atoms with E-state index in [1.165, 1.54) is 18.0 Å². The summed E-state index contributed by atoms with van der Waals surface area (Å²) in [5.41, 5.74) is 2.16. The Bertz CT molecular complexity index is 1830. The molecule has 0 saturated carbocycles. The van der Waals surface area contributed by atoms with E-state index in [1.54, 1.807) is 43.5 Å². The minimum absolute atomic E-state index is 0.127. The minimum Gasteiger partial charge on any atom is -0.496 e. The number of hydrogen-bond acceptors (Lipinski definition) is 8. The number of aromatic nitrogens is 2. The van der Waals surface area contributed by atoms with Crippen molar-refractivity contribution < 1.29 is 18.6 Å². The predicted molar refractivity (Wildman–Crippen MR) is 149 cm³/mol. The maximum Gasteiger partial charge on any atom is 0.282 e. The summed E-state index contributed by atoms with van der Waals surface area (Å²) in [6, 6.07) is 19.8. The summed E-state index contributed by atoms with van der Waals surface area (Å²) in [5.74, 6) is 2.12. The van der Waals surface area contributed by atoms with Gasteiger partial charge < -0.3 is 18.6 Å². The second-order valence-corrected chi connectivity index (χ2v) is 8.45. The van der Waals surface area contributed by atoms with E-state index in [9.17, 15) is 4.79 Å². The van der Waals surface area contributed by atoms with Crippen LogP contribution in [0.25, 0.3) is 33.5 Å². The summed E-state index contributed by atoms with van der Waals surface area (Å²) in [4.78, 5) is 18.3. The lowest BCUT2D eigenvalue weighted by molar-refractivity contribution is 0.327. The van der Waals surface area contributed by atoms with Crippen molar-refractivity contribution in [2.75, 3.05) is 20.8 Å². The van der Waals surface area contributed by atoms with Crippen LogP contribution in [0.2, 0.25) is 0 Å². The Balaban J connectivity index is 1.68. The van der Waals surface area contributed by atoms with E-state index in [-0.39, 0.29) is 18.0 Å². The van der Waals surface area contributed by atoms with Gasteiger partial charge in [0.05, 0.1) is 36.7 Å². The lowest BCUT2D eigenvalue weighted by atomic mass is 10.1. The summed E-state index contributed by atoms with van der Waals surface area (Å²) in [6.45, 7) is 3.68. The summed E-state index contributed by atoms with van der Waals surface area (Å²) in [6.07, 6.45) is 3.73. The molecular formula is C30H24N4O5. The summed E-state index contributed by atoms with van der Waals surface area (Å²) in [7, 11) is 3.10. The normalized spacial score (nSPS) is 11.1. The van der Waals surface area contributed by atoms with Gasteiger partial charge in [-0.15, -0.1) is 6.58 Å². The molecule has 0 atom stereocenters. The van der Waals surface area contributed by atoms with Crippen molar-refractivity contribution in [1.82, 2.24) is 9.66 Å². The largest absolute Gasteiger partial charge is 0.496 e. The molecule has 0 spiro atoms. The lowest BCUT2D eigenvalue weighted by Gasteiger charge is -2.14. The van der Waals surface area contributed by atoms with E-state index >= 15 is 0 Å². The van der Waals surface area contributed by atoms with Crippen molar-refractivity contribution in [2.24, 2.45) is 5.10 Å². The van der Waals surface area contributed by atoms with Crippen LogP contribution >= 0.6 is 0 Å². The fourth-order valence-electron chi connectivity index (χ4n) is 4.32. The standard InChI is InChI=1S/C30H24N4O5/c1-4-8-20-15-19(16-26(37-3)28(20)38-14-13-31)18-32-34-29(33-23-10-6-5-9-21(23)30(34)35)27-17-22-24(36-2)11-7-12-25(22)39-27/h4-7,9-12,15-18H,1,8,14H2,2-3H3. The van der Waals surface area contributed by atoms with E-state index in [2.05, 4.69) is 11.7 Å². The summed E-state index contributed by atoms with van der Waals surface area (Å²) in [5, 5.41) is 14.7. The molecule has 0 saturated heterocycles. The first-order valence-electron chi connectivity index (χ1n) is 12.0. The number of hydrogen-bond donors (Lipinski definition) is 0. The average Bonchev–Trinajstić information content (AvgIpc) is 3.40. The van der Waals surface area contributed by atoms with E-state index in [1.807, 2.05) is 36.4 Å². The molecule has 0 unspecified atom stereocenters. The Morgan fingerprint density at radius 2 is 1.90 bits per heavy atom. The Labute approximate surface area is 223 Å². The van der Waals surface area contributed by atoms with Crippen LogP contribution in [0, 0.1) is 11.3 Å². The van der Waals surface area contributed by atoms with E-state index in [0.717, 1.165) is 10.9 Å². The molecular weight excluding hydrogens is 496 g/mol. The van der Waals surface area contributed by atoms with Gasteiger partial charge in [-0.2, -0.15) is 15.0 Å². The van der Waals surface area contributed by atoms with Crippen molar-refractivity contribution in [3.8, 4) is 34.9 Å². The third-order valence-corrected chi connectivity index (χ3v) is 6.06. The van der Waals surface area contributed by atoms with Crippen molar-refractivity contribution in [1.29, 1.82) is 5.26 Å². The smallest absolute Gasteiger partial charge is 0.282 e. The average molecular weight is 521 g/mol. The molecule has 0 radical (unpaired) electrons. The van der Waals surface area contributed by atoms with Crippen LogP contribution in [0.5, 0.6) is 17.2 Å². The van der Waals surface area contributed by atoms with Gasteiger partial charge in [0.1, 0.15) is 17.4 Å². The van der Waals surface area contributed by atoms with Crippen LogP contribution in [-0.2, 0) is 6.42 Å². The van der Waals surface area contributed by atoms with Crippen LogP contribution in [0.4, 0.5) is 0 Å². The Morgan fingerprint density at radius 3 is 2.67 bits per heavy atom. The number of ether oxygens (including phenoxy) is 3. The zero-order chi connectivity index (χ0) is 27.4. The van der Waals surface area contributed by atoms with Gasteiger partial charge in [-0.1, -0.05) is 24.3 Å². The minimum atomic E-state index is -0.355. The Morgan fingerprint density at radius 1 is 1.08 bits per heavy atom. The van der Waals surface area contributed by atoms with Gasteiger partial charge in [-0.3, -0.25) is 4.79 Å². The first kappa shape index (κ1) is 25.3. The number of fused-ring (bicyclic) bond motifs is 2. The van der Waals surface area contributed by atoms with Crippen molar-refractivity contribution in [2.45, 2.75) is 6.42 Å². The number of furan rings is 1. The highest BCUT2D eigenvalue weighted by Gasteiger charge is 2.18. The molecule has 9 nitrogen and oxygen atoms in total. The molecule has 0 amide bonds. The van der Waals surface area contributed by atoms with Gasteiger partial charge in [0.25, 0.3) is 5.56 Å². The lowest BCUT2D eigenvalue weighted by Crippen LogP contribution is -2.20. The van der Waals surface area contributed by atoms with Crippen molar-refractivity contribution in [3.63, 3.8) is 0 Å². The molecule has 9 heteroatoms. The highest BCUT2D eigenvalue weighted by molar-refractivity contribution is 5.89. The van der Waals surface area contributed by atoms with Gasteiger partial charge in [-0.25, -0.2) is 4.98 Å². The van der Waals surface area contributed by atoms with Crippen molar-refractivity contribution in [3.05, 3.63) is 94.8 Å². The third-order valence-electron chi connectivity index (χ3n) is 6.06. The zero-order valence-corrected chi connectivity index (χ0v) is 21.4. The second kappa shape index (κ2) is 10.9. The second-order valence-electron chi connectivity index (χ2n) is 8.45. The molecule has 2 heterocycles. The molecule has 0 aliphatic rings. The summed E-state index contributed by atoms with van der Waals surface area (Å²) >= 11 is 0. The quantitative estimate of drug-likeness (QED) is 0.190. The topological polar surface area (TPSA) is 112 Å². The number of methoxy groups -OCH3 is 2. The van der Waals surface area contributed by atoms with E-state index in [0.29, 0.717) is 51.5 Å². The zero-order valence-electron chi connectivity index (χ0n) is 21.4. The van der Waals surface area contributed by atoms with Gasteiger partial charge >= 0.3 is 0 Å². The molecule has 0 aliphatic carbocycles. The number of nitrogens with zero attached hydrogens (tertiary/aromatic N) is 4. The van der Waals surface area contributed by atoms with Crippen LogP contribution in [0.15, 0.2) is 87.6 Å². The monoisotopic (exact) mass is 520 g/mol. The van der Waals surface area contributed by atoms with E-state index < -0.39 is 0 Å². The molecule has 0 fully saturated rings. The number of para-hydroxylation sites is 1. The maximum atomic E-state index is 13.6. The molecule has 5 aromatic rings. The van der Waals surface area contributed by atoms with Gasteiger partial charge in [0, 0.05) is 5.56 Å². The first-order valence-corrected chi connectivity index (χ1v) is 12.0. The number of rotatable bonds is 9. The van der Waals surface area contributed by atoms with Crippen molar-refractivity contribution >= 4 is 28.1 Å². The molecule has 194 valence electrons. The molecule has 0 bridgehead atoms. The SMILES string of the molecule is C=CCc1cc(C=Nn2c(-c3cc4c(OC)cccc4o3)nc3ccccc3c2=O)cc(OC)c1OCC#N. The molecule has 0 aliphatic heterocycles. The van der Waals surface area contributed by atoms with Crippen LogP contribution in [0.3, 0.4) is 0 Å². The first-order chi connectivity index (χ1) is 19.1. The highest BCUT2D eigenvalue weighted by atomic mass is 16.5. The maximum absolute atomic E-state index is 13.6. The molecule has 2 aromatic heterocycles. The summed E-state index contributed by atoms with van der Waals surface area (Å²) < 4.78 is 23.9. The van der Waals surface area contributed by atoms with Gasteiger partial charge in [-0.05, 0) is 54.4 Å². The molecule has 5 rings (SSSR count). The fraction of sp³-hybridized carbons (Fsp3) is 0.133. The Kier molecular flexibility index (Phi) is 7.10. The molecule has 39 heavy (non-hydrogen) atoms. The van der Waals surface area contributed by atoms with Gasteiger partial charge in [0.15, 0.2) is 23.9 Å². The van der Waals surface area contributed by atoms with Crippen LogP contribution in [0.1, 0.15) is 11.1 Å². The third kappa shape index (κ3) is 4.83. The Hall–Kier alpha value is -5.36. The highest BCUT2D eigenvalue weighted by Crippen LogP contribution is 2.34. The number of allylic oxidation sites excluding steroid dienone is 1. The number of benzene rings is 3. The van der Waals surface area contributed by atoms with E-state index in [4.69, 9.17) is 28.9 Å². The van der Waals surface area contributed by atoms with Gasteiger partial charge in [0.2, 0.25) is 5.82 Å². The fourth-order valence-corrected chi connectivity index (χ4v) is 4.32. The molecule has 3 aromatic carbocycles. The predicted octanol–water partition coefficient (Wildman–Crippen LogP) is 5.34. The molecule has 0 N–H and O–H groups in total. The number of nitriles is 1.